The highest BCUT2D eigenvalue weighted by Gasteiger charge is 2.22. The van der Waals surface area contributed by atoms with Gasteiger partial charge in [0.1, 0.15) is 0 Å². The summed E-state index contributed by atoms with van der Waals surface area (Å²) in [6.45, 7) is 10.5. The fraction of sp³-hybridized carbons (Fsp3) is 0.750. The normalized spacial score (nSPS) is 20.6. The van der Waals surface area contributed by atoms with E-state index in [4.69, 9.17) is 0 Å². The third-order valence-electron chi connectivity index (χ3n) is 2.23. The molecule has 1 heterocycles. The first-order chi connectivity index (χ1) is 7.28. The molecule has 0 aromatic heterocycles. The molecule has 1 amide bonds. The lowest BCUT2D eigenvalue weighted by Crippen LogP contribution is -2.41. The maximum absolute atomic E-state index is 11.7. The molecule has 0 saturated heterocycles. The van der Waals surface area contributed by atoms with Crippen molar-refractivity contribution in [2.45, 2.75) is 46.5 Å². The third kappa shape index (κ3) is 4.47. The molecule has 0 aromatic carbocycles. The highest BCUT2D eigenvalue weighted by molar-refractivity contribution is 8.02. The van der Waals surface area contributed by atoms with E-state index in [2.05, 4.69) is 50.7 Å². The van der Waals surface area contributed by atoms with E-state index < -0.39 is 0 Å². The molecule has 1 rings (SSSR count). The number of thioether (sulfide) groups is 1. The standard InChI is InChI=1S/C12H22N2OS/c1-8(2)9-7-16-11(13-9)14-10(15)6-12(3,4)5/h7-8,11,13H,6H2,1-5H3,(H,14,15). The molecule has 0 fully saturated rings. The average molecular weight is 242 g/mol. The number of allylic oxidation sites excluding steroid dienone is 1. The van der Waals surface area contributed by atoms with Crippen LogP contribution in [0.3, 0.4) is 0 Å². The van der Waals surface area contributed by atoms with Crippen LogP contribution in [0.15, 0.2) is 11.1 Å². The fourth-order valence-electron chi connectivity index (χ4n) is 1.41. The minimum absolute atomic E-state index is 0.00671. The van der Waals surface area contributed by atoms with Gasteiger partial charge in [-0.1, -0.05) is 46.4 Å². The van der Waals surface area contributed by atoms with E-state index in [-0.39, 0.29) is 16.8 Å². The van der Waals surface area contributed by atoms with Gasteiger partial charge in [0, 0.05) is 12.1 Å². The van der Waals surface area contributed by atoms with Crippen LogP contribution in [-0.4, -0.2) is 11.4 Å². The van der Waals surface area contributed by atoms with Gasteiger partial charge in [-0.3, -0.25) is 4.79 Å². The monoisotopic (exact) mass is 242 g/mol. The lowest BCUT2D eigenvalue weighted by Gasteiger charge is -2.20. The maximum atomic E-state index is 11.7. The molecule has 0 radical (unpaired) electrons. The molecule has 4 heteroatoms. The molecule has 0 aliphatic carbocycles. The summed E-state index contributed by atoms with van der Waals surface area (Å²) in [6, 6.07) is 0. The largest absolute Gasteiger partial charge is 0.359 e. The lowest BCUT2D eigenvalue weighted by molar-refractivity contribution is -0.123. The van der Waals surface area contributed by atoms with E-state index in [9.17, 15) is 4.79 Å². The van der Waals surface area contributed by atoms with Crippen molar-refractivity contribution in [1.82, 2.24) is 10.6 Å². The Bertz CT molecular complexity index is 292. The SMILES string of the molecule is CC(C)C1=CSC(NC(=O)CC(C)(C)C)N1. The summed E-state index contributed by atoms with van der Waals surface area (Å²) in [5.41, 5.74) is 1.25. The Morgan fingerprint density at radius 1 is 1.56 bits per heavy atom. The van der Waals surface area contributed by atoms with Crippen molar-refractivity contribution >= 4 is 17.7 Å². The molecule has 2 N–H and O–H groups in total. The molecule has 1 aliphatic heterocycles. The van der Waals surface area contributed by atoms with Crippen LogP contribution in [0, 0.1) is 11.3 Å². The first kappa shape index (κ1) is 13.4. The summed E-state index contributed by atoms with van der Waals surface area (Å²) in [6.07, 6.45) is 0.558. The highest BCUT2D eigenvalue weighted by atomic mass is 32.2. The minimum atomic E-state index is 0.00671. The smallest absolute Gasteiger partial charge is 0.222 e. The number of carbonyl (C=O) groups excluding carboxylic acids is 1. The van der Waals surface area contributed by atoms with E-state index >= 15 is 0 Å². The van der Waals surface area contributed by atoms with Crippen molar-refractivity contribution in [1.29, 1.82) is 0 Å². The van der Waals surface area contributed by atoms with E-state index in [1.807, 2.05) is 0 Å². The second kappa shape index (κ2) is 5.13. The first-order valence-electron chi connectivity index (χ1n) is 5.69. The Hall–Kier alpha value is -0.640. The highest BCUT2D eigenvalue weighted by Crippen LogP contribution is 2.24. The quantitative estimate of drug-likeness (QED) is 0.799. The molecule has 1 atom stereocenters. The van der Waals surface area contributed by atoms with Crippen LogP contribution in [0.5, 0.6) is 0 Å². The van der Waals surface area contributed by atoms with Crippen LogP contribution in [0.4, 0.5) is 0 Å². The predicted octanol–water partition coefficient (Wildman–Crippen LogP) is 2.66. The predicted molar refractivity (Wildman–Crippen MR) is 69.7 cm³/mol. The van der Waals surface area contributed by atoms with Gasteiger partial charge in [0.15, 0.2) is 5.50 Å². The van der Waals surface area contributed by atoms with E-state index in [0.717, 1.165) is 0 Å². The van der Waals surface area contributed by atoms with Crippen molar-refractivity contribution in [2.75, 3.05) is 0 Å². The van der Waals surface area contributed by atoms with Crippen LogP contribution in [-0.2, 0) is 4.79 Å². The number of nitrogens with one attached hydrogen (secondary N) is 2. The Kier molecular flexibility index (Phi) is 4.30. The molecule has 16 heavy (non-hydrogen) atoms. The van der Waals surface area contributed by atoms with Gasteiger partial charge in [-0.05, 0) is 16.7 Å². The second-order valence-electron chi connectivity index (χ2n) is 5.69. The summed E-state index contributed by atoms with van der Waals surface area (Å²) in [7, 11) is 0. The van der Waals surface area contributed by atoms with Crippen LogP contribution in [0.1, 0.15) is 41.0 Å². The van der Waals surface area contributed by atoms with Gasteiger partial charge in [0.25, 0.3) is 0 Å². The second-order valence-corrected chi connectivity index (χ2v) is 6.67. The van der Waals surface area contributed by atoms with Gasteiger partial charge < -0.3 is 10.6 Å². The average Bonchev–Trinajstić information content (AvgIpc) is 2.48. The van der Waals surface area contributed by atoms with Gasteiger partial charge in [-0.15, -0.1) is 0 Å². The van der Waals surface area contributed by atoms with E-state index in [1.54, 1.807) is 11.8 Å². The zero-order valence-corrected chi connectivity index (χ0v) is 11.6. The minimum Gasteiger partial charge on any atom is -0.359 e. The summed E-state index contributed by atoms with van der Waals surface area (Å²) < 4.78 is 0. The van der Waals surface area contributed by atoms with Gasteiger partial charge >= 0.3 is 0 Å². The number of rotatable bonds is 3. The molecule has 0 aromatic rings. The Balaban J connectivity index is 2.34. The van der Waals surface area contributed by atoms with Crippen molar-refractivity contribution in [3.8, 4) is 0 Å². The Labute approximate surface area is 102 Å². The molecule has 0 bridgehead atoms. The van der Waals surface area contributed by atoms with Crippen LogP contribution in [0.2, 0.25) is 0 Å². The summed E-state index contributed by atoms with van der Waals surface area (Å²) in [5, 5.41) is 8.37. The Morgan fingerprint density at radius 2 is 2.19 bits per heavy atom. The number of hydrogen-bond acceptors (Lipinski definition) is 3. The third-order valence-corrected chi connectivity index (χ3v) is 3.13. The topological polar surface area (TPSA) is 41.1 Å². The van der Waals surface area contributed by atoms with E-state index in [0.29, 0.717) is 12.3 Å². The van der Waals surface area contributed by atoms with Crippen LogP contribution < -0.4 is 10.6 Å². The van der Waals surface area contributed by atoms with Crippen molar-refractivity contribution in [3.05, 3.63) is 11.1 Å². The fourth-order valence-corrected chi connectivity index (χ4v) is 2.44. The zero-order chi connectivity index (χ0) is 12.3. The number of carbonyl (C=O) groups is 1. The molecule has 3 nitrogen and oxygen atoms in total. The van der Waals surface area contributed by atoms with Crippen molar-refractivity contribution < 1.29 is 4.79 Å². The van der Waals surface area contributed by atoms with Crippen LogP contribution in [0.25, 0.3) is 0 Å². The molecular weight excluding hydrogens is 220 g/mol. The van der Waals surface area contributed by atoms with Crippen molar-refractivity contribution in [2.24, 2.45) is 11.3 Å². The molecule has 92 valence electrons. The Morgan fingerprint density at radius 3 is 2.62 bits per heavy atom. The molecular formula is C12H22N2OS. The summed E-state index contributed by atoms with van der Waals surface area (Å²) in [5.74, 6) is 0.591. The molecule has 0 saturated carbocycles. The van der Waals surface area contributed by atoms with Gasteiger partial charge in [0.2, 0.25) is 5.91 Å². The number of hydrogen-bond donors (Lipinski definition) is 2. The molecule has 0 spiro atoms. The number of amides is 1. The van der Waals surface area contributed by atoms with Gasteiger partial charge in [-0.2, -0.15) is 0 Å². The molecule has 1 aliphatic rings. The molecule has 1 unspecified atom stereocenters. The van der Waals surface area contributed by atoms with Gasteiger partial charge in [0.05, 0.1) is 0 Å². The zero-order valence-electron chi connectivity index (χ0n) is 10.8. The summed E-state index contributed by atoms with van der Waals surface area (Å²) >= 11 is 1.63. The maximum Gasteiger partial charge on any atom is 0.222 e. The first-order valence-corrected chi connectivity index (χ1v) is 6.63. The van der Waals surface area contributed by atoms with E-state index in [1.165, 1.54) is 5.70 Å². The lowest BCUT2D eigenvalue weighted by atomic mass is 9.92. The van der Waals surface area contributed by atoms with Gasteiger partial charge in [-0.25, -0.2) is 0 Å². The van der Waals surface area contributed by atoms with Crippen LogP contribution >= 0.6 is 11.8 Å². The van der Waals surface area contributed by atoms with Crippen molar-refractivity contribution in [3.63, 3.8) is 0 Å². The summed E-state index contributed by atoms with van der Waals surface area (Å²) in [4.78, 5) is 11.7.